The van der Waals surface area contributed by atoms with Gasteiger partial charge in [-0.1, -0.05) is 11.2 Å². The topological polar surface area (TPSA) is 90.0 Å². The van der Waals surface area contributed by atoms with Gasteiger partial charge < -0.3 is 20.4 Å². The monoisotopic (exact) mass is 251 g/mol. The van der Waals surface area contributed by atoms with E-state index in [9.17, 15) is 0 Å². The SMILES string of the molecule is NC(=NO)c1ncccc1COCC1CCOC1. The first-order valence-corrected chi connectivity index (χ1v) is 5.88. The average Bonchev–Trinajstić information content (AvgIpc) is 2.92. The number of amidine groups is 1. The van der Waals surface area contributed by atoms with E-state index in [2.05, 4.69) is 10.1 Å². The maximum absolute atomic E-state index is 8.68. The molecule has 0 aliphatic carbocycles. The van der Waals surface area contributed by atoms with Crippen LogP contribution in [0.15, 0.2) is 23.5 Å². The summed E-state index contributed by atoms with van der Waals surface area (Å²) in [4.78, 5) is 4.08. The largest absolute Gasteiger partial charge is 0.409 e. The molecule has 0 amide bonds. The fourth-order valence-electron chi connectivity index (χ4n) is 1.88. The van der Waals surface area contributed by atoms with Gasteiger partial charge in [-0.25, -0.2) is 0 Å². The van der Waals surface area contributed by atoms with Crippen molar-refractivity contribution >= 4 is 5.84 Å². The van der Waals surface area contributed by atoms with E-state index >= 15 is 0 Å². The molecule has 2 heterocycles. The van der Waals surface area contributed by atoms with Crippen LogP contribution in [-0.2, 0) is 16.1 Å². The Balaban J connectivity index is 1.92. The van der Waals surface area contributed by atoms with E-state index in [1.165, 1.54) is 0 Å². The van der Waals surface area contributed by atoms with Crippen molar-refractivity contribution in [3.05, 3.63) is 29.6 Å². The molecule has 1 fully saturated rings. The van der Waals surface area contributed by atoms with Gasteiger partial charge in [-0.05, 0) is 12.5 Å². The van der Waals surface area contributed by atoms with Crippen LogP contribution in [0.2, 0.25) is 0 Å². The molecule has 1 aromatic heterocycles. The molecule has 98 valence electrons. The molecule has 0 radical (unpaired) electrons. The fraction of sp³-hybridized carbons (Fsp3) is 0.500. The summed E-state index contributed by atoms with van der Waals surface area (Å²) in [6.45, 7) is 2.64. The predicted octanol–water partition coefficient (Wildman–Crippen LogP) is 0.729. The van der Waals surface area contributed by atoms with Crippen molar-refractivity contribution in [1.29, 1.82) is 0 Å². The highest BCUT2D eigenvalue weighted by Gasteiger charge is 2.16. The number of aromatic nitrogens is 1. The highest BCUT2D eigenvalue weighted by molar-refractivity contribution is 5.96. The third-order valence-electron chi connectivity index (χ3n) is 2.88. The molecule has 1 unspecified atom stereocenters. The number of rotatable bonds is 5. The molecule has 0 bridgehead atoms. The molecule has 2 rings (SSSR count). The standard InChI is InChI=1S/C12H17N3O3/c13-12(15-16)11-10(2-1-4-14-11)8-18-7-9-3-5-17-6-9/h1-2,4,9,16H,3,5-8H2,(H2,13,15). The maximum Gasteiger partial charge on any atom is 0.189 e. The van der Waals surface area contributed by atoms with Gasteiger partial charge in [-0.3, -0.25) is 4.98 Å². The van der Waals surface area contributed by atoms with Crippen LogP contribution in [0.3, 0.4) is 0 Å². The highest BCUT2D eigenvalue weighted by atomic mass is 16.5. The molecule has 0 spiro atoms. The number of oxime groups is 1. The minimum absolute atomic E-state index is 0.00148. The Morgan fingerprint density at radius 2 is 2.56 bits per heavy atom. The summed E-state index contributed by atoms with van der Waals surface area (Å²) >= 11 is 0. The van der Waals surface area contributed by atoms with Crippen molar-refractivity contribution in [1.82, 2.24) is 4.98 Å². The van der Waals surface area contributed by atoms with Crippen LogP contribution >= 0.6 is 0 Å². The van der Waals surface area contributed by atoms with Crippen LogP contribution in [0, 0.1) is 5.92 Å². The minimum Gasteiger partial charge on any atom is -0.409 e. The Morgan fingerprint density at radius 3 is 3.28 bits per heavy atom. The van der Waals surface area contributed by atoms with Crippen molar-refractivity contribution < 1.29 is 14.7 Å². The van der Waals surface area contributed by atoms with E-state index in [1.807, 2.05) is 6.07 Å². The van der Waals surface area contributed by atoms with E-state index in [4.69, 9.17) is 20.4 Å². The number of nitrogens with zero attached hydrogens (tertiary/aromatic N) is 2. The zero-order valence-electron chi connectivity index (χ0n) is 10.1. The molecular weight excluding hydrogens is 234 g/mol. The molecule has 1 saturated heterocycles. The molecule has 18 heavy (non-hydrogen) atoms. The highest BCUT2D eigenvalue weighted by Crippen LogP contribution is 2.14. The van der Waals surface area contributed by atoms with Crippen LogP contribution in [0.25, 0.3) is 0 Å². The molecule has 0 saturated carbocycles. The van der Waals surface area contributed by atoms with Crippen molar-refractivity contribution in [2.75, 3.05) is 19.8 Å². The molecule has 1 atom stereocenters. The number of pyridine rings is 1. The summed E-state index contributed by atoms with van der Waals surface area (Å²) in [5.41, 5.74) is 6.82. The molecule has 6 nitrogen and oxygen atoms in total. The van der Waals surface area contributed by atoms with E-state index in [0.29, 0.717) is 24.8 Å². The van der Waals surface area contributed by atoms with Gasteiger partial charge in [0.2, 0.25) is 0 Å². The van der Waals surface area contributed by atoms with Gasteiger partial charge in [0.15, 0.2) is 5.84 Å². The second-order valence-corrected chi connectivity index (χ2v) is 4.24. The second kappa shape index (κ2) is 6.32. The Labute approximate surface area is 105 Å². The fourth-order valence-corrected chi connectivity index (χ4v) is 1.88. The number of ether oxygens (including phenoxy) is 2. The summed E-state index contributed by atoms with van der Waals surface area (Å²) in [7, 11) is 0. The summed E-state index contributed by atoms with van der Waals surface area (Å²) in [6, 6.07) is 3.65. The van der Waals surface area contributed by atoms with Gasteiger partial charge in [-0.2, -0.15) is 0 Å². The van der Waals surface area contributed by atoms with Gasteiger partial charge in [0, 0.05) is 24.3 Å². The minimum atomic E-state index is -0.00148. The summed E-state index contributed by atoms with van der Waals surface area (Å²) < 4.78 is 10.9. The van der Waals surface area contributed by atoms with Crippen LogP contribution in [0.4, 0.5) is 0 Å². The Bertz CT molecular complexity index is 417. The molecular formula is C12H17N3O3. The average molecular weight is 251 g/mol. The lowest BCUT2D eigenvalue weighted by molar-refractivity contribution is 0.0789. The quantitative estimate of drug-likeness (QED) is 0.348. The zero-order chi connectivity index (χ0) is 12.8. The first-order valence-electron chi connectivity index (χ1n) is 5.88. The van der Waals surface area contributed by atoms with Crippen LogP contribution < -0.4 is 5.73 Å². The number of hydrogen-bond acceptors (Lipinski definition) is 5. The lowest BCUT2D eigenvalue weighted by Gasteiger charge is -2.10. The predicted molar refractivity (Wildman–Crippen MR) is 65.3 cm³/mol. The number of nitrogens with two attached hydrogens (primary N) is 1. The summed E-state index contributed by atoms with van der Waals surface area (Å²) in [5.74, 6) is 0.465. The Hall–Kier alpha value is -1.66. The van der Waals surface area contributed by atoms with Crippen LogP contribution in [0.1, 0.15) is 17.7 Å². The smallest absolute Gasteiger partial charge is 0.189 e. The van der Waals surface area contributed by atoms with Gasteiger partial charge in [0.25, 0.3) is 0 Å². The first kappa shape index (κ1) is 12.8. The maximum atomic E-state index is 8.68. The van der Waals surface area contributed by atoms with Crippen molar-refractivity contribution in [2.45, 2.75) is 13.0 Å². The zero-order valence-corrected chi connectivity index (χ0v) is 10.1. The van der Waals surface area contributed by atoms with Gasteiger partial charge in [0.05, 0.1) is 19.8 Å². The molecule has 1 aliphatic heterocycles. The van der Waals surface area contributed by atoms with E-state index in [-0.39, 0.29) is 5.84 Å². The number of hydrogen-bond donors (Lipinski definition) is 2. The third-order valence-corrected chi connectivity index (χ3v) is 2.88. The van der Waals surface area contributed by atoms with Crippen LogP contribution in [-0.4, -0.2) is 35.8 Å². The lowest BCUT2D eigenvalue weighted by Crippen LogP contribution is -2.18. The third kappa shape index (κ3) is 3.18. The van der Waals surface area contributed by atoms with Crippen molar-refractivity contribution in [2.24, 2.45) is 16.8 Å². The van der Waals surface area contributed by atoms with Gasteiger partial charge in [-0.15, -0.1) is 0 Å². The lowest BCUT2D eigenvalue weighted by atomic mass is 10.1. The Morgan fingerprint density at radius 1 is 1.67 bits per heavy atom. The van der Waals surface area contributed by atoms with Gasteiger partial charge >= 0.3 is 0 Å². The molecule has 0 aromatic carbocycles. The van der Waals surface area contributed by atoms with Crippen LogP contribution in [0.5, 0.6) is 0 Å². The summed E-state index contributed by atoms with van der Waals surface area (Å²) in [6.07, 6.45) is 2.64. The Kier molecular flexibility index (Phi) is 4.49. The van der Waals surface area contributed by atoms with E-state index in [1.54, 1.807) is 12.3 Å². The van der Waals surface area contributed by atoms with Crippen molar-refractivity contribution in [3.63, 3.8) is 0 Å². The normalized spacial score (nSPS) is 20.2. The second-order valence-electron chi connectivity index (χ2n) is 4.24. The van der Waals surface area contributed by atoms with E-state index in [0.717, 1.165) is 25.2 Å². The van der Waals surface area contributed by atoms with Gasteiger partial charge in [0.1, 0.15) is 5.69 Å². The molecule has 6 heteroatoms. The van der Waals surface area contributed by atoms with E-state index < -0.39 is 0 Å². The molecule has 3 N–H and O–H groups in total. The first-order chi connectivity index (χ1) is 8.81. The summed E-state index contributed by atoms with van der Waals surface area (Å²) in [5, 5.41) is 11.6. The van der Waals surface area contributed by atoms with Crippen molar-refractivity contribution in [3.8, 4) is 0 Å². The molecule has 1 aliphatic rings. The molecule has 1 aromatic rings.